The van der Waals surface area contributed by atoms with Crippen LogP contribution in [0.2, 0.25) is 0 Å². The summed E-state index contributed by atoms with van der Waals surface area (Å²) >= 11 is 0. The minimum Gasteiger partial charge on any atom is -0.478 e. The van der Waals surface area contributed by atoms with Crippen molar-refractivity contribution >= 4 is 11.9 Å². The molecule has 0 radical (unpaired) electrons. The number of carboxylic acids is 1. The molecule has 1 aromatic rings. The summed E-state index contributed by atoms with van der Waals surface area (Å²) in [5.41, 5.74) is 2.04. The Labute approximate surface area is 117 Å². The van der Waals surface area contributed by atoms with Crippen molar-refractivity contribution in [2.24, 2.45) is 0 Å². The third-order valence-corrected chi connectivity index (χ3v) is 3.00. The van der Waals surface area contributed by atoms with Crippen LogP contribution in [0.25, 0.3) is 0 Å². The van der Waals surface area contributed by atoms with Crippen LogP contribution in [0.5, 0.6) is 0 Å². The number of amides is 1. The smallest absolute Gasteiger partial charge is 0.334 e. The first-order valence-electron chi connectivity index (χ1n) is 6.28. The lowest BCUT2D eigenvalue weighted by Crippen LogP contribution is -2.33. The van der Waals surface area contributed by atoms with Gasteiger partial charge in [-0.1, -0.05) is 35.9 Å². The number of carbonyl (C=O) groups is 2. The van der Waals surface area contributed by atoms with Crippen molar-refractivity contribution in [2.75, 3.05) is 0 Å². The van der Waals surface area contributed by atoms with Crippen LogP contribution in [0.1, 0.15) is 18.9 Å². The summed E-state index contributed by atoms with van der Waals surface area (Å²) in [6, 6.07) is 9.45. The van der Waals surface area contributed by atoms with Crippen LogP contribution in [0.3, 0.4) is 0 Å². The highest BCUT2D eigenvalue weighted by molar-refractivity contribution is 6.02. The molecule has 0 fully saturated rings. The lowest BCUT2D eigenvalue weighted by atomic mass is 10.0. The molecule has 1 amide bonds. The van der Waals surface area contributed by atoms with Crippen LogP contribution in [0.4, 0.5) is 0 Å². The van der Waals surface area contributed by atoms with Crippen molar-refractivity contribution in [1.29, 1.82) is 0 Å². The second-order valence-corrected chi connectivity index (χ2v) is 4.64. The maximum atomic E-state index is 12.1. The molecular weight excluding hydrogens is 256 g/mol. The van der Waals surface area contributed by atoms with Gasteiger partial charge in [-0.25, -0.2) is 4.79 Å². The number of allylic oxidation sites excluding steroid dienone is 1. The van der Waals surface area contributed by atoms with Crippen LogP contribution in [0.15, 0.2) is 53.4 Å². The van der Waals surface area contributed by atoms with Gasteiger partial charge in [0.1, 0.15) is 5.70 Å². The number of carboxylic acid groups (broad SMARTS) is 1. The number of carbonyl (C=O) groups excluding carboxylic acids is 1. The average molecular weight is 272 g/mol. The van der Waals surface area contributed by atoms with Crippen molar-refractivity contribution in [1.82, 2.24) is 10.6 Å². The van der Waals surface area contributed by atoms with E-state index in [2.05, 4.69) is 10.6 Å². The molecule has 2 rings (SSSR count). The minimum atomic E-state index is -1.07. The van der Waals surface area contributed by atoms with Gasteiger partial charge in [0, 0.05) is 19.2 Å². The van der Waals surface area contributed by atoms with Gasteiger partial charge in [0.25, 0.3) is 5.91 Å². The van der Waals surface area contributed by atoms with Crippen molar-refractivity contribution in [2.45, 2.75) is 19.9 Å². The van der Waals surface area contributed by atoms with Gasteiger partial charge < -0.3 is 15.7 Å². The molecule has 1 aliphatic heterocycles. The normalized spacial score (nSPS) is 14.3. The van der Waals surface area contributed by atoms with E-state index < -0.39 is 11.9 Å². The van der Waals surface area contributed by atoms with E-state index >= 15 is 0 Å². The van der Waals surface area contributed by atoms with Gasteiger partial charge in [-0.15, -0.1) is 0 Å². The van der Waals surface area contributed by atoms with Crippen molar-refractivity contribution in [3.05, 3.63) is 58.9 Å². The van der Waals surface area contributed by atoms with E-state index in [-0.39, 0.29) is 17.7 Å². The fraction of sp³-hybridized carbons (Fsp3) is 0.200. The molecular formula is C15H16N2O3. The number of benzene rings is 1. The predicted molar refractivity (Wildman–Crippen MR) is 74.5 cm³/mol. The Balaban J connectivity index is 2.07. The number of hydrogen-bond acceptors (Lipinski definition) is 3. The Morgan fingerprint density at radius 1 is 1.30 bits per heavy atom. The molecule has 0 aliphatic carbocycles. The van der Waals surface area contributed by atoms with E-state index in [9.17, 15) is 9.59 Å². The first-order chi connectivity index (χ1) is 9.58. The van der Waals surface area contributed by atoms with Gasteiger partial charge in [0.15, 0.2) is 0 Å². The monoisotopic (exact) mass is 272 g/mol. The van der Waals surface area contributed by atoms with E-state index in [1.807, 2.05) is 37.3 Å². The Hall–Kier alpha value is -2.56. The topological polar surface area (TPSA) is 78.4 Å². The van der Waals surface area contributed by atoms with Gasteiger partial charge in [0.05, 0.1) is 5.57 Å². The summed E-state index contributed by atoms with van der Waals surface area (Å²) in [7, 11) is 0. The summed E-state index contributed by atoms with van der Waals surface area (Å²) in [4.78, 5) is 23.3. The highest BCUT2D eigenvalue weighted by atomic mass is 16.4. The van der Waals surface area contributed by atoms with Crippen LogP contribution < -0.4 is 10.6 Å². The molecule has 0 spiro atoms. The number of dihydropyridines is 1. The third kappa shape index (κ3) is 3.26. The Bertz CT molecular complexity index is 588. The molecule has 5 heteroatoms. The molecule has 104 valence electrons. The van der Waals surface area contributed by atoms with Crippen LogP contribution in [-0.4, -0.2) is 17.0 Å². The van der Waals surface area contributed by atoms with E-state index in [1.165, 1.54) is 0 Å². The molecule has 0 atom stereocenters. The van der Waals surface area contributed by atoms with E-state index in [0.29, 0.717) is 6.54 Å². The number of nitrogens with one attached hydrogen (secondary N) is 2. The fourth-order valence-corrected chi connectivity index (χ4v) is 1.95. The molecule has 0 bridgehead atoms. The van der Waals surface area contributed by atoms with Crippen LogP contribution in [-0.2, 0) is 16.1 Å². The molecule has 1 heterocycles. The molecule has 0 unspecified atom stereocenters. The first-order valence-corrected chi connectivity index (χ1v) is 6.28. The molecule has 0 saturated carbocycles. The van der Waals surface area contributed by atoms with Crippen molar-refractivity contribution in [3.8, 4) is 0 Å². The van der Waals surface area contributed by atoms with E-state index in [1.54, 1.807) is 6.20 Å². The first kappa shape index (κ1) is 13.9. The highest BCUT2D eigenvalue weighted by Gasteiger charge is 2.23. The molecule has 0 aromatic heterocycles. The highest BCUT2D eigenvalue weighted by Crippen LogP contribution is 2.18. The van der Waals surface area contributed by atoms with E-state index in [4.69, 9.17) is 5.11 Å². The summed E-state index contributed by atoms with van der Waals surface area (Å²) < 4.78 is 0. The summed E-state index contributed by atoms with van der Waals surface area (Å²) in [6.45, 7) is 2.18. The quantitative estimate of drug-likeness (QED) is 0.777. The zero-order valence-corrected chi connectivity index (χ0v) is 11.1. The SMILES string of the molecule is CC1=CNC(C(=O)NCc2ccccc2)=C(C(=O)O)C1. The third-order valence-electron chi connectivity index (χ3n) is 3.00. The Kier molecular flexibility index (Phi) is 4.20. The van der Waals surface area contributed by atoms with Gasteiger partial charge in [-0.2, -0.15) is 0 Å². The molecule has 5 nitrogen and oxygen atoms in total. The fourth-order valence-electron chi connectivity index (χ4n) is 1.95. The summed E-state index contributed by atoms with van der Waals surface area (Å²) in [6.07, 6.45) is 1.93. The average Bonchev–Trinajstić information content (AvgIpc) is 2.45. The number of hydrogen-bond donors (Lipinski definition) is 3. The Morgan fingerprint density at radius 2 is 2.00 bits per heavy atom. The maximum Gasteiger partial charge on any atom is 0.334 e. The zero-order valence-electron chi connectivity index (χ0n) is 11.1. The van der Waals surface area contributed by atoms with Gasteiger partial charge in [-0.05, 0) is 12.5 Å². The standard InChI is InChI=1S/C15H16N2O3/c1-10-7-12(15(19)20)13(16-8-10)14(18)17-9-11-5-3-2-4-6-11/h2-6,8,16H,7,9H2,1H3,(H,17,18)(H,19,20). The van der Waals surface area contributed by atoms with Crippen LogP contribution >= 0.6 is 0 Å². The lowest BCUT2D eigenvalue weighted by molar-refractivity contribution is -0.133. The molecule has 3 N–H and O–H groups in total. The minimum absolute atomic E-state index is 0.0931. The second-order valence-electron chi connectivity index (χ2n) is 4.64. The lowest BCUT2D eigenvalue weighted by Gasteiger charge is -2.17. The number of rotatable bonds is 4. The van der Waals surface area contributed by atoms with Crippen LogP contribution in [0, 0.1) is 0 Å². The van der Waals surface area contributed by atoms with Gasteiger partial charge >= 0.3 is 5.97 Å². The van der Waals surface area contributed by atoms with Gasteiger partial charge in [-0.3, -0.25) is 4.79 Å². The Morgan fingerprint density at radius 3 is 2.65 bits per heavy atom. The summed E-state index contributed by atoms with van der Waals surface area (Å²) in [5.74, 6) is -1.48. The maximum absolute atomic E-state index is 12.1. The largest absolute Gasteiger partial charge is 0.478 e. The zero-order chi connectivity index (χ0) is 14.5. The molecule has 1 aliphatic rings. The summed E-state index contributed by atoms with van der Waals surface area (Å²) in [5, 5.41) is 14.6. The molecule has 20 heavy (non-hydrogen) atoms. The molecule has 1 aromatic carbocycles. The second kappa shape index (κ2) is 6.06. The van der Waals surface area contributed by atoms with Crippen molar-refractivity contribution < 1.29 is 14.7 Å². The predicted octanol–water partition coefficient (Wildman–Crippen LogP) is 1.54. The van der Waals surface area contributed by atoms with Crippen molar-refractivity contribution in [3.63, 3.8) is 0 Å². The van der Waals surface area contributed by atoms with Gasteiger partial charge in [0.2, 0.25) is 0 Å². The number of aliphatic carboxylic acids is 1. The van der Waals surface area contributed by atoms with E-state index in [0.717, 1.165) is 11.1 Å². The molecule has 0 saturated heterocycles.